The van der Waals surface area contributed by atoms with Gasteiger partial charge in [-0.2, -0.15) is 10.2 Å². The monoisotopic (exact) mass is 382 g/mol. The predicted octanol–water partition coefficient (Wildman–Crippen LogP) is 3.67. The molecule has 7 heteroatoms. The molecule has 0 radical (unpaired) electrons. The fourth-order valence-corrected chi connectivity index (χ4v) is 2.89. The van der Waals surface area contributed by atoms with Crippen molar-refractivity contribution in [3.05, 3.63) is 81.6 Å². The number of aromatic hydroxyl groups is 1. The van der Waals surface area contributed by atoms with E-state index in [9.17, 15) is 9.90 Å². The first-order valence-electron chi connectivity index (χ1n) is 8.35. The van der Waals surface area contributed by atoms with Gasteiger partial charge in [-0.3, -0.25) is 9.48 Å². The third kappa shape index (κ3) is 4.35. The third-order valence-electron chi connectivity index (χ3n) is 4.18. The van der Waals surface area contributed by atoms with Gasteiger partial charge in [0.25, 0.3) is 5.91 Å². The second-order valence-electron chi connectivity index (χ2n) is 6.09. The average Bonchev–Trinajstić information content (AvgIpc) is 2.91. The summed E-state index contributed by atoms with van der Waals surface area (Å²) in [7, 11) is 0. The molecule has 0 bridgehead atoms. The first kappa shape index (κ1) is 18.7. The summed E-state index contributed by atoms with van der Waals surface area (Å²) in [5.41, 5.74) is 6.21. The van der Waals surface area contributed by atoms with Crippen LogP contribution in [-0.2, 0) is 6.54 Å². The first-order valence-corrected chi connectivity index (χ1v) is 8.73. The zero-order valence-electron chi connectivity index (χ0n) is 15.0. The molecule has 1 heterocycles. The van der Waals surface area contributed by atoms with E-state index >= 15 is 0 Å². The van der Waals surface area contributed by atoms with Crippen LogP contribution in [-0.4, -0.2) is 27.0 Å². The van der Waals surface area contributed by atoms with Crippen molar-refractivity contribution in [3.8, 4) is 5.75 Å². The van der Waals surface area contributed by atoms with Gasteiger partial charge in [0, 0.05) is 16.3 Å². The number of rotatable bonds is 5. The Morgan fingerprint density at radius 1 is 1.26 bits per heavy atom. The van der Waals surface area contributed by atoms with E-state index in [2.05, 4.69) is 15.6 Å². The minimum absolute atomic E-state index is 0.0628. The Kier molecular flexibility index (Phi) is 5.57. The van der Waals surface area contributed by atoms with Crippen molar-refractivity contribution in [2.45, 2.75) is 20.4 Å². The molecule has 0 unspecified atom stereocenters. The Balaban J connectivity index is 1.74. The van der Waals surface area contributed by atoms with E-state index < -0.39 is 5.91 Å². The van der Waals surface area contributed by atoms with Crippen molar-refractivity contribution >= 4 is 23.7 Å². The minimum Gasteiger partial charge on any atom is -0.507 e. The highest BCUT2D eigenvalue weighted by Gasteiger charge is 2.12. The molecule has 1 aromatic heterocycles. The van der Waals surface area contributed by atoms with Crippen LogP contribution < -0.4 is 5.43 Å². The quantitative estimate of drug-likeness (QED) is 0.522. The topological polar surface area (TPSA) is 79.5 Å². The molecule has 138 valence electrons. The maximum Gasteiger partial charge on any atom is 0.275 e. The van der Waals surface area contributed by atoms with E-state index in [0.717, 1.165) is 22.5 Å². The van der Waals surface area contributed by atoms with Crippen LogP contribution in [0, 0.1) is 13.8 Å². The van der Waals surface area contributed by atoms with E-state index in [1.165, 1.54) is 18.2 Å². The van der Waals surface area contributed by atoms with E-state index in [0.29, 0.717) is 11.6 Å². The van der Waals surface area contributed by atoms with Gasteiger partial charge in [0.15, 0.2) is 0 Å². The highest BCUT2D eigenvalue weighted by Crippen LogP contribution is 2.21. The van der Waals surface area contributed by atoms with Crippen molar-refractivity contribution in [1.29, 1.82) is 0 Å². The van der Waals surface area contributed by atoms with Crippen LogP contribution in [0.5, 0.6) is 5.75 Å². The predicted molar refractivity (Wildman–Crippen MR) is 105 cm³/mol. The lowest BCUT2D eigenvalue weighted by Crippen LogP contribution is -2.17. The molecule has 0 saturated heterocycles. The Hall–Kier alpha value is -3.12. The van der Waals surface area contributed by atoms with Crippen molar-refractivity contribution in [1.82, 2.24) is 15.2 Å². The molecule has 0 saturated carbocycles. The molecule has 0 aliphatic heterocycles. The Morgan fingerprint density at radius 3 is 2.74 bits per heavy atom. The van der Waals surface area contributed by atoms with Gasteiger partial charge >= 0.3 is 0 Å². The smallest absolute Gasteiger partial charge is 0.275 e. The van der Waals surface area contributed by atoms with Gasteiger partial charge in [0.05, 0.1) is 24.0 Å². The maximum atomic E-state index is 12.2. The van der Waals surface area contributed by atoms with Crippen molar-refractivity contribution in [2.75, 3.05) is 0 Å². The molecular formula is C20H19ClN4O2. The lowest BCUT2D eigenvalue weighted by atomic mass is 10.2. The zero-order chi connectivity index (χ0) is 19.4. The molecule has 2 aromatic carbocycles. The highest BCUT2D eigenvalue weighted by molar-refractivity contribution is 6.31. The molecule has 3 aromatic rings. The maximum absolute atomic E-state index is 12.2. The van der Waals surface area contributed by atoms with Crippen LogP contribution in [0.4, 0.5) is 0 Å². The zero-order valence-corrected chi connectivity index (χ0v) is 15.7. The number of hydrogen-bond donors (Lipinski definition) is 2. The van der Waals surface area contributed by atoms with E-state index in [4.69, 9.17) is 11.6 Å². The lowest BCUT2D eigenvalue weighted by Gasteiger charge is -2.05. The number of nitrogens with zero attached hydrogens (tertiary/aromatic N) is 3. The Morgan fingerprint density at radius 2 is 2.00 bits per heavy atom. The van der Waals surface area contributed by atoms with Crippen molar-refractivity contribution in [3.63, 3.8) is 0 Å². The van der Waals surface area contributed by atoms with Crippen LogP contribution in [0.25, 0.3) is 0 Å². The van der Waals surface area contributed by atoms with Gasteiger partial charge in [0.1, 0.15) is 5.75 Å². The van der Waals surface area contributed by atoms with E-state index in [1.54, 1.807) is 6.21 Å². The first-order chi connectivity index (χ1) is 13.0. The summed E-state index contributed by atoms with van der Waals surface area (Å²) in [6, 6.07) is 14.3. The average molecular weight is 383 g/mol. The van der Waals surface area contributed by atoms with Crippen LogP contribution in [0.1, 0.15) is 32.9 Å². The molecule has 0 fully saturated rings. The number of phenols is 1. The number of phenolic OH excluding ortho intramolecular Hbond substituents is 1. The molecule has 0 spiro atoms. The van der Waals surface area contributed by atoms with Gasteiger partial charge in [0.2, 0.25) is 0 Å². The molecule has 6 nitrogen and oxygen atoms in total. The fourth-order valence-electron chi connectivity index (χ4n) is 2.71. The molecule has 0 aliphatic rings. The molecule has 3 rings (SSSR count). The summed E-state index contributed by atoms with van der Waals surface area (Å²) in [5, 5.41) is 18.7. The number of hydrazone groups is 1. The number of hydrogen-bond acceptors (Lipinski definition) is 4. The van der Waals surface area contributed by atoms with Crippen molar-refractivity contribution < 1.29 is 9.90 Å². The second kappa shape index (κ2) is 8.05. The summed E-state index contributed by atoms with van der Waals surface area (Å²) >= 11 is 5.86. The number of aromatic nitrogens is 2. The van der Waals surface area contributed by atoms with Crippen LogP contribution in [0.2, 0.25) is 5.02 Å². The number of benzene rings is 2. The summed E-state index contributed by atoms with van der Waals surface area (Å²) in [4.78, 5) is 12.2. The highest BCUT2D eigenvalue weighted by atomic mass is 35.5. The number of carbonyl (C=O) groups excluding carboxylic acids is 1. The Bertz CT molecular complexity index is 997. The van der Waals surface area contributed by atoms with E-state index in [-0.39, 0.29) is 11.3 Å². The van der Waals surface area contributed by atoms with Crippen molar-refractivity contribution in [2.24, 2.45) is 5.10 Å². The molecular weight excluding hydrogens is 364 g/mol. The lowest BCUT2D eigenvalue weighted by molar-refractivity contribution is 0.0952. The molecule has 0 aliphatic carbocycles. The van der Waals surface area contributed by atoms with Gasteiger partial charge in [-0.1, -0.05) is 41.9 Å². The molecule has 2 N–H and O–H groups in total. The fraction of sp³-hybridized carbons (Fsp3) is 0.150. The summed E-state index contributed by atoms with van der Waals surface area (Å²) in [6.07, 6.45) is 1.55. The summed E-state index contributed by atoms with van der Waals surface area (Å²) in [5.74, 6) is -0.701. The van der Waals surface area contributed by atoms with E-state index in [1.807, 2.05) is 48.9 Å². The van der Waals surface area contributed by atoms with Crippen LogP contribution in [0.3, 0.4) is 0 Å². The number of carbonyl (C=O) groups is 1. The normalized spacial score (nSPS) is 11.1. The summed E-state index contributed by atoms with van der Waals surface area (Å²) in [6.45, 7) is 4.50. The second-order valence-corrected chi connectivity index (χ2v) is 6.52. The van der Waals surface area contributed by atoms with Gasteiger partial charge in [-0.05, 0) is 37.6 Å². The number of amides is 1. The largest absolute Gasteiger partial charge is 0.507 e. The summed E-state index contributed by atoms with van der Waals surface area (Å²) < 4.78 is 1.90. The van der Waals surface area contributed by atoms with Gasteiger partial charge in [-0.25, -0.2) is 5.43 Å². The van der Waals surface area contributed by atoms with Crippen LogP contribution >= 0.6 is 11.6 Å². The third-order valence-corrected chi connectivity index (χ3v) is 4.41. The SMILES string of the molecule is Cc1nn(Cc2ccccc2)c(C)c1/C=N\NC(=O)c1cc(Cl)ccc1O. The Labute approximate surface area is 162 Å². The van der Waals surface area contributed by atoms with Gasteiger partial charge < -0.3 is 5.11 Å². The van der Waals surface area contributed by atoms with Gasteiger partial charge in [-0.15, -0.1) is 0 Å². The standard InChI is InChI=1S/C20H19ClN4O2/c1-13-18(14(2)25(24-13)12-15-6-4-3-5-7-15)11-22-23-20(27)17-10-16(21)8-9-19(17)26/h3-11,26H,12H2,1-2H3,(H,23,27)/b22-11-. The number of halogens is 1. The number of aryl methyl sites for hydroxylation is 1. The molecule has 0 atom stereocenters. The molecule has 1 amide bonds. The number of nitrogens with one attached hydrogen (secondary N) is 1. The minimum atomic E-state index is -0.543. The van der Waals surface area contributed by atoms with Crippen LogP contribution in [0.15, 0.2) is 53.6 Å². The molecule has 27 heavy (non-hydrogen) atoms.